The van der Waals surface area contributed by atoms with Gasteiger partial charge in [-0.2, -0.15) is 0 Å². The molecule has 2 atom stereocenters. The highest BCUT2D eigenvalue weighted by atomic mass is 16.3. The highest BCUT2D eigenvalue weighted by Gasteiger charge is 2.15. The van der Waals surface area contributed by atoms with E-state index in [2.05, 4.69) is 10.6 Å². The highest BCUT2D eigenvalue weighted by Crippen LogP contribution is 2.02. The standard InChI is InChI=1S/C8H16N2O2/c1-6(11)8(12)10-5-7-3-2-4-9-7/h6-7,9,11H,2-5H2,1H3,(H,10,12)/t6-,7?/m0/s1. The van der Waals surface area contributed by atoms with Crippen molar-refractivity contribution in [1.29, 1.82) is 0 Å². The fourth-order valence-corrected chi connectivity index (χ4v) is 1.30. The van der Waals surface area contributed by atoms with Crippen LogP contribution in [-0.4, -0.2) is 36.2 Å². The van der Waals surface area contributed by atoms with Gasteiger partial charge in [-0.25, -0.2) is 0 Å². The smallest absolute Gasteiger partial charge is 0.248 e. The van der Waals surface area contributed by atoms with Gasteiger partial charge in [0.2, 0.25) is 5.91 Å². The Labute approximate surface area is 72.3 Å². The summed E-state index contributed by atoms with van der Waals surface area (Å²) in [4.78, 5) is 10.9. The van der Waals surface area contributed by atoms with E-state index in [0.29, 0.717) is 12.6 Å². The molecular formula is C8H16N2O2. The summed E-state index contributed by atoms with van der Waals surface area (Å²) >= 11 is 0. The molecule has 4 nitrogen and oxygen atoms in total. The molecule has 0 saturated carbocycles. The molecule has 70 valence electrons. The number of aliphatic hydroxyl groups is 1. The van der Waals surface area contributed by atoms with E-state index < -0.39 is 6.10 Å². The summed E-state index contributed by atoms with van der Waals surface area (Å²) < 4.78 is 0. The largest absolute Gasteiger partial charge is 0.384 e. The van der Waals surface area contributed by atoms with Crippen molar-refractivity contribution in [2.75, 3.05) is 13.1 Å². The van der Waals surface area contributed by atoms with Gasteiger partial charge >= 0.3 is 0 Å². The molecule has 3 N–H and O–H groups in total. The third kappa shape index (κ3) is 2.79. The van der Waals surface area contributed by atoms with Gasteiger partial charge in [0, 0.05) is 12.6 Å². The minimum Gasteiger partial charge on any atom is -0.384 e. The van der Waals surface area contributed by atoms with Crippen LogP contribution in [0, 0.1) is 0 Å². The number of rotatable bonds is 3. The third-order valence-corrected chi connectivity index (χ3v) is 2.06. The van der Waals surface area contributed by atoms with E-state index in [-0.39, 0.29) is 5.91 Å². The van der Waals surface area contributed by atoms with Gasteiger partial charge in [-0.05, 0) is 26.3 Å². The van der Waals surface area contributed by atoms with Crippen LogP contribution in [0.25, 0.3) is 0 Å². The molecule has 1 rings (SSSR count). The van der Waals surface area contributed by atoms with Gasteiger partial charge in [-0.1, -0.05) is 0 Å². The number of hydrogen-bond donors (Lipinski definition) is 3. The topological polar surface area (TPSA) is 61.4 Å². The maximum Gasteiger partial charge on any atom is 0.248 e. The second kappa shape index (κ2) is 4.42. The summed E-state index contributed by atoms with van der Waals surface area (Å²) in [6.07, 6.45) is 1.39. The zero-order valence-electron chi connectivity index (χ0n) is 7.34. The Balaban J connectivity index is 2.12. The second-order valence-electron chi connectivity index (χ2n) is 3.21. The predicted octanol–water partition coefficient (Wildman–Crippen LogP) is -0.765. The van der Waals surface area contributed by atoms with E-state index in [4.69, 9.17) is 5.11 Å². The monoisotopic (exact) mass is 172 g/mol. The number of carbonyl (C=O) groups excluding carboxylic acids is 1. The summed E-state index contributed by atoms with van der Waals surface area (Å²) in [5.74, 6) is -0.288. The molecule has 0 aromatic rings. The molecule has 4 heteroatoms. The maximum absolute atomic E-state index is 10.9. The lowest BCUT2D eigenvalue weighted by molar-refractivity contribution is -0.128. The molecule has 0 aliphatic carbocycles. The van der Waals surface area contributed by atoms with Crippen LogP contribution < -0.4 is 10.6 Å². The van der Waals surface area contributed by atoms with Crippen LogP contribution in [-0.2, 0) is 4.79 Å². The van der Waals surface area contributed by atoms with E-state index in [1.165, 1.54) is 13.3 Å². The molecule has 0 radical (unpaired) electrons. The van der Waals surface area contributed by atoms with Crippen LogP contribution >= 0.6 is 0 Å². The molecule has 0 bridgehead atoms. The molecule has 1 amide bonds. The van der Waals surface area contributed by atoms with Crippen molar-refractivity contribution in [2.24, 2.45) is 0 Å². The molecule has 1 aliphatic rings. The van der Waals surface area contributed by atoms with E-state index in [0.717, 1.165) is 13.0 Å². The lowest BCUT2D eigenvalue weighted by Crippen LogP contribution is -2.40. The molecule has 0 aromatic carbocycles. The van der Waals surface area contributed by atoms with Crippen molar-refractivity contribution in [2.45, 2.75) is 31.9 Å². The zero-order valence-corrected chi connectivity index (χ0v) is 7.34. The Kier molecular flexibility index (Phi) is 3.49. The predicted molar refractivity (Wildman–Crippen MR) is 45.7 cm³/mol. The molecular weight excluding hydrogens is 156 g/mol. The highest BCUT2D eigenvalue weighted by molar-refractivity contribution is 5.79. The first-order valence-electron chi connectivity index (χ1n) is 4.39. The molecule has 1 fully saturated rings. The fraction of sp³-hybridized carbons (Fsp3) is 0.875. The summed E-state index contributed by atoms with van der Waals surface area (Å²) in [7, 11) is 0. The number of hydrogen-bond acceptors (Lipinski definition) is 3. The van der Waals surface area contributed by atoms with E-state index >= 15 is 0 Å². The fourth-order valence-electron chi connectivity index (χ4n) is 1.30. The van der Waals surface area contributed by atoms with Crippen LogP contribution in [0.2, 0.25) is 0 Å². The van der Waals surface area contributed by atoms with E-state index in [1.807, 2.05) is 0 Å². The summed E-state index contributed by atoms with van der Waals surface area (Å²) in [6, 6.07) is 0.396. The summed E-state index contributed by atoms with van der Waals surface area (Å²) in [5, 5.41) is 14.8. The summed E-state index contributed by atoms with van der Waals surface area (Å²) in [5.41, 5.74) is 0. The minimum atomic E-state index is -0.897. The lowest BCUT2D eigenvalue weighted by atomic mass is 10.2. The minimum absolute atomic E-state index is 0.288. The van der Waals surface area contributed by atoms with Gasteiger partial charge < -0.3 is 15.7 Å². The molecule has 1 unspecified atom stereocenters. The van der Waals surface area contributed by atoms with Gasteiger partial charge in [-0.15, -0.1) is 0 Å². The molecule has 1 saturated heterocycles. The Hall–Kier alpha value is -0.610. The number of amides is 1. The van der Waals surface area contributed by atoms with E-state index in [1.54, 1.807) is 0 Å². The first-order valence-corrected chi connectivity index (χ1v) is 4.39. The Morgan fingerprint density at radius 1 is 1.83 bits per heavy atom. The van der Waals surface area contributed by atoms with Crippen LogP contribution in [0.1, 0.15) is 19.8 Å². The van der Waals surface area contributed by atoms with Gasteiger partial charge in [0.25, 0.3) is 0 Å². The Bertz CT molecular complexity index is 153. The van der Waals surface area contributed by atoms with Crippen molar-refractivity contribution in [3.8, 4) is 0 Å². The quantitative estimate of drug-likeness (QED) is 0.524. The first kappa shape index (κ1) is 9.48. The van der Waals surface area contributed by atoms with Gasteiger partial charge in [0.1, 0.15) is 6.10 Å². The Morgan fingerprint density at radius 2 is 2.58 bits per heavy atom. The van der Waals surface area contributed by atoms with Crippen molar-refractivity contribution < 1.29 is 9.90 Å². The van der Waals surface area contributed by atoms with Crippen molar-refractivity contribution >= 4 is 5.91 Å². The molecule has 1 aliphatic heterocycles. The van der Waals surface area contributed by atoms with Gasteiger partial charge in [0.15, 0.2) is 0 Å². The van der Waals surface area contributed by atoms with Crippen molar-refractivity contribution in [3.63, 3.8) is 0 Å². The average Bonchev–Trinajstić information content (AvgIpc) is 2.51. The first-order chi connectivity index (χ1) is 5.70. The second-order valence-corrected chi connectivity index (χ2v) is 3.21. The van der Waals surface area contributed by atoms with E-state index in [9.17, 15) is 4.79 Å². The van der Waals surface area contributed by atoms with Crippen LogP contribution in [0.15, 0.2) is 0 Å². The molecule has 12 heavy (non-hydrogen) atoms. The Morgan fingerprint density at radius 3 is 3.08 bits per heavy atom. The van der Waals surface area contributed by atoms with Crippen LogP contribution in [0.3, 0.4) is 0 Å². The number of carbonyl (C=O) groups is 1. The SMILES string of the molecule is C[C@H](O)C(=O)NCC1CCCN1. The van der Waals surface area contributed by atoms with Crippen molar-refractivity contribution in [3.05, 3.63) is 0 Å². The normalized spacial score (nSPS) is 25.3. The zero-order chi connectivity index (χ0) is 8.97. The average molecular weight is 172 g/mol. The number of aliphatic hydroxyl groups excluding tert-OH is 1. The third-order valence-electron chi connectivity index (χ3n) is 2.06. The lowest BCUT2D eigenvalue weighted by Gasteiger charge is -2.12. The van der Waals surface area contributed by atoms with Crippen LogP contribution in [0.5, 0.6) is 0 Å². The number of nitrogens with one attached hydrogen (secondary N) is 2. The summed E-state index contributed by atoms with van der Waals surface area (Å²) in [6.45, 7) is 3.14. The van der Waals surface area contributed by atoms with Gasteiger partial charge in [-0.3, -0.25) is 4.79 Å². The van der Waals surface area contributed by atoms with Gasteiger partial charge in [0.05, 0.1) is 0 Å². The molecule has 0 aromatic heterocycles. The van der Waals surface area contributed by atoms with Crippen LogP contribution in [0.4, 0.5) is 0 Å². The van der Waals surface area contributed by atoms with Crippen molar-refractivity contribution in [1.82, 2.24) is 10.6 Å². The molecule has 1 heterocycles. The molecule has 0 spiro atoms. The maximum atomic E-state index is 10.9.